The molecule has 0 aromatic heterocycles. The van der Waals surface area contributed by atoms with Crippen molar-refractivity contribution in [3.63, 3.8) is 0 Å². The third kappa shape index (κ3) is 4.92. The Labute approximate surface area is 142 Å². The van der Waals surface area contributed by atoms with Crippen LogP contribution in [0.25, 0.3) is 0 Å². The van der Waals surface area contributed by atoms with E-state index in [2.05, 4.69) is 10.2 Å². The second-order valence-corrected chi connectivity index (χ2v) is 6.62. The van der Waals surface area contributed by atoms with Crippen molar-refractivity contribution in [2.45, 2.75) is 12.8 Å². The van der Waals surface area contributed by atoms with Crippen LogP contribution in [-0.4, -0.2) is 68.1 Å². The molecule has 1 aromatic carbocycles. The Morgan fingerprint density at radius 2 is 1.79 bits per heavy atom. The molecule has 2 fully saturated rings. The van der Waals surface area contributed by atoms with Crippen LogP contribution < -0.4 is 10.1 Å². The highest BCUT2D eigenvalue weighted by Gasteiger charge is 2.24. The summed E-state index contributed by atoms with van der Waals surface area (Å²) in [7, 11) is 0. The topological polar surface area (TPSA) is 44.8 Å². The van der Waals surface area contributed by atoms with E-state index in [1.165, 1.54) is 25.0 Å². The van der Waals surface area contributed by atoms with Gasteiger partial charge in [0.2, 0.25) is 0 Å². The lowest BCUT2D eigenvalue weighted by Gasteiger charge is -2.37. The number of halogens is 1. The Hall–Kier alpha value is -1.66. The molecule has 24 heavy (non-hydrogen) atoms. The minimum absolute atomic E-state index is 0.000779. The summed E-state index contributed by atoms with van der Waals surface area (Å²) in [5.74, 6) is 1.00. The van der Waals surface area contributed by atoms with Crippen LogP contribution in [0.15, 0.2) is 24.3 Å². The predicted molar refractivity (Wildman–Crippen MR) is 90.5 cm³/mol. The molecule has 0 radical (unpaired) electrons. The molecular formula is C18H26FN3O2. The molecule has 2 heterocycles. The van der Waals surface area contributed by atoms with E-state index in [1.54, 1.807) is 12.1 Å². The number of piperazine rings is 1. The number of ether oxygens (including phenoxy) is 1. The minimum Gasteiger partial charge on any atom is -0.484 e. The van der Waals surface area contributed by atoms with Crippen LogP contribution in [0.3, 0.4) is 0 Å². The van der Waals surface area contributed by atoms with Gasteiger partial charge in [0.05, 0.1) is 0 Å². The first-order valence-corrected chi connectivity index (χ1v) is 8.80. The predicted octanol–water partition coefficient (Wildman–Crippen LogP) is 1.35. The Bertz CT molecular complexity index is 524. The summed E-state index contributed by atoms with van der Waals surface area (Å²) < 4.78 is 18.3. The maximum absolute atomic E-state index is 12.8. The van der Waals surface area contributed by atoms with Crippen LogP contribution in [0.1, 0.15) is 12.8 Å². The number of nitrogens with one attached hydrogen (secondary N) is 1. The van der Waals surface area contributed by atoms with E-state index in [0.29, 0.717) is 5.75 Å². The summed E-state index contributed by atoms with van der Waals surface area (Å²) in [6.07, 6.45) is 2.51. The molecule has 5 nitrogen and oxygen atoms in total. The largest absolute Gasteiger partial charge is 0.484 e. The molecule has 2 aliphatic rings. The van der Waals surface area contributed by atoms with E-state index in [4.69, 9.17) is 4.74 Å². The number of amides is 1. The summed E-state index contributed by atoms with van der Waals surface area (Å²) in [5.41, 5.74) is 0. The number of hydrogen-bond donors (Lipinski definition) is 1. The third-order valence-corrected chi connectivity index (χ3v) is 4.88. The van der Waals surface area contributed by atoms with E-state index in [9.17, 15) is 9.18 Å². The number of carbonyl (C=O) groups excluding carboxylic acids is 1. The Kier molecular flexibility index (Phi) is 6.04. The lowest BCUT2D eigenvalue weighted by molar-refractivity contribution is -0.135. The molecular weight excluding hydrogens is 309 g/mol. The van der Waals surface area contributed by atoms with Gasteiger partial charge in [-0.3, -0.25) is 9.69 Å². The minimum atomic E-state index is -0.307. The highest BCUT2D eigenvalue weighted by molar-refractivity contribution is 5.77. The number of piperidine rings is 1. The fourth-order valence-electron chi connectivity index (χ4n) is 3.38. The molecule has 1 N–H and O–H groups in total. The highest BCUT2D eigenvalue weighted by Crippen LogP contribution is 2.15. The number of rotatable bonds is 5. The Morgan fingerprint density at radius 3 is 2.46 bits per heavy atom. The molecule has 2 aliphatic heterocycles. The zero-order chi connectivity index (χ0) is 16.8. The Balaban J connectivity index is 1.37. The standard InChI is InChI=1S/C18H26FN3O2/c19-16-1-3-17(4-2-16)24-14-18(23)22-11-9-21(10-12-22)13-15-5-7-20-8-6-15/h1-4,15,20H,5-14H2. The van der Waals surface area contributed by atoms with Gasteiger partial charge in [-0.15, -0.1) is 0 Å². The first-order chi connectivity index (χ1) is 11.7. The van der Waals surface area contributed by atoms with Gasteiger partial charge in [-0.25, -0.2) is 4.39 Å². The molecule has 1 aromatic rings. The van der Waals surface area contributed by atoms with Crippen molar-refractivity contribution in [1.82, 2.24) is 15.1 Å². The average molecular weight is 335 g/mol. The summed E-state index contributed by atoms with van der Waals surface area (Å²) in [5, 5.41) is 3.40. The molecule has 6 heteroatoms. The van der Waals surface area contributed by atoms with E-state index in [1.807, 2.05) is 4.90 Å². The highest BCUT2D eigenvalue weighted by atomic mass is 19.1. The SMILES string of the molecule is O=C(COc1ccc(F)cc1)N1CCN(CC2CCNCC2)CC1. The van der Waals surface area contributed by atoms with Crippen molar-refractivity contribution in [1.29, 1.82) is 0 Å². The van der Waals surface area contributed by atoms with Crippen LogP contribution in [0, 0.1) is 11.7 Å². The second kappa shape index (κ2) is 8.44. The summed E-state index contributed by atoms with van der Waals surface area (Å²) in [4.78, 5) is 16.6. The molecule has 0 spiro atoms. The zero-order valence-corrected chi connectivity index (χ0v) is 14.0. The summed E-state index contributed by atoms with van der Waals surface area (Å²) in [6, 6.07) is 5.75. The van der Waals surface area contributed by atoms with Gasteiger partial charge in [-0.2, -0.15) is 0 Å². The Morgan fingerprint density at radius 1 is 1.12 bits per heavy atom. The van der Waals surface area contributed by atoms with Gasteiger partial charge in [0, 0.05) is 32.7 Å². The van der Waals surface area contributed by atoms with Gasteiger partial charge in [-0.1, -0.05) is 0 Å². The fraction of sp³-hybridized carbons (Fsp3) is 0.611. The van der Waals surface area contributed by atoms with E-state index in [0.717, 1.165) is 51.7 Å². The van der Waals surface area contributed by atoms with Crippen molar-refractivity contribution >= 4 is 5.91 Å². The maximum atomic E-state index is 12.8. The molecule has 2 saturated heterocycles. The van der Waals surface area contributed by atoms with Crippen molar-refractivity contribution in [2.24, 2.45) is 5.92 Å². The second-order valence-electron chi connectivity index (χ2n) is 6.62. The van der Waals surface area contributed by atoms with Crippen molar-refractivity contribution < 1.29 is 13.9 Å². The molecule has 132 valence electrons. The first kappa shape index (κ1) is 17.2. The average Bonchev–Trinajstić information content (AvgIpc) is 2.62. The monoisotopic (exact) mass is 335 g/mol. The number of benzene rings is 1. The van der Waals surface area contributed by atoms with Gasteiger partial charge in [-0.05, 0) is 56.1 Å². The quantitative estimate of drug-likeness (QED) is 0.882. The fourth-order valence-corrected chi connectivity index (χ4v) is 3.38. The summed E-state index contributed by atoms with van der Waals surface area (Å²) in [6.45, 7) is 6.81. The molecule has 0 saturated carbocycles. The van der Waals surface area contributed by atoms with Crippen LogP contribution in [0.5, 0.6) is 5.75 Å². The van der Waals surface area contributed by atoms with E-state index in [-0.39, 0.29) is 18.3 Å². The van der Waals surface area contributed by atoms with Crippen LogP contribution in [0.2, 0.25) is 0 Å². The number of carbonyl (C=O) groups is 1. The smallest absolute Gasteiger partial charge is 0.260 e. The molecule has 0 unspecified atom stereocenters. The van der Waals surface area contributed by atoms with Gasteiger partial charge < -0.3 is 15.0 Å². The van der Waals surface area contributed by atoms with Crippen LogP contribution in [-0.2, 0) is 4.79 Å². The molecule has 0 bridgehead atoms. The van der Waals surface area contributed by atoms with Gasteiger partial charge >= 0.3 is 0 Å². The third-order valence-electron chi connectivity index (χ3n) is 4.88. The van der Waals surface area contributed by atoms with E-state index >= 15 is 0 Å². The zero-order valence-electron chi connectivity index (χ0n) is 14.0. The van der Waals surface area contributed by atoms with Crippen LogP contribution >= 0.6 is 0 Å². The molecule has 3 rings (SSSR count). The number of nitrogens with zero attached hydrogens (tertiary/aromatic N) is 2. The van der Waals surface area contributed by atoms with Gasteiger partial charge in [0.1, 0.15) is 11.6 Å². The lowest BCUT2D eigenvalue weighted by atomic mass is 9.97. The molecule has 0 aliphatic carbocycles. The first-order valence-electron chi connectivity index (χ1n) is 8.80. The van der Waals surface area contributed by atoms with Gasteiger partial charge in [0.25, 0.3) is 5.91 Å². The van der Waals surface area contributed by atoms with E-state index < -0.39 is 0 Å². The summed E-state index contributed by atoms with van der Waals surface area (Å²) >= 11 is 0. The normalized spacial score (nSPS) is 20.1. The number of hydrogen-bond acceptors (Lipinski definition) is 4. The molecule has 0 atom stereocenters. The van der Waals surface area contributed by atoms with Crippen molar-refractivity contribution in [3.8, 4) is 5.75 Å². The van der Waals surface area contributed by atoms with Gasteiger partial charge in [0.15, 0.2) is 6.61 Å². The van der Waals surface area contributed by atoms with Crippen molar-refractivity contribution in [3.05, 3.63) is 30.1 Å². The molecule has 1 amide bonds. The lowest BCUT2D eigenvalue weighted by Crippen LogP contribution is -2.51. The van der Waals surface area contributed by atoms with Crippen molar-refractivity contribution in [2.75, 3.05) is 52.4 Å². The van der Waals surface area contributed by atoms with Crippen LogP contribution in [0.4, 0.5) is 4.39 Å². The maximum Gasteiger partial charge on any atom is 0.260 e.